The molecule has 0 aliphatic heterocycles. The number of carboxylic acids is 1. The first-order chi connectivity index (χ1) is 7.74. The predicted octanol–water partition coefficient (Wildman–Crippen LogP) is 2.14. The minimum Gasteiger partial charge on any atom is -0.478 e. The van der Waals surface area contributed by atoms with Crippen molar-refractivity contribution in [1.82, 2.24) is 0 Å². The fourth-order valence-corrected chi connectivity index (χ4v) is 2.26. The zero-order chi connectivity index (χ0) is 13.2. The van der Waals surface area contributed by atoms with E-state index in [1.54, 1.807) is 6.07 Å². The summed E-state index contributed by atoms with van der Waals surface area (Å²) in [5.74, 6) is -1.16. The summed E-state index contributed by atoms with van der Waals surface area (Å²) in [6.45, 7) is 3.05. The molecule has 17 heavy (non-hydrogen) atoms. The Balaban J connectivity index is 3.20. The number of nitrogens with one attached hydrogen (secondary N) is 1. The normalized spacial score (nSPS) is 11.5. The van der Waals surface area contributed by atoms with Gasteiger partial charge in [0.1, 0.15) is 0 Å². The smallest absolute Gasteiger partial charge is 0.337 e. The summed E-state index contributed by atoms with van der Waals surface area (Å²) in [7, 11) is -3.54. The van der Waals surface area contributed by atoms with Gasteiger partial charge in [0.15, 0.2) is 0 Å². The Bertz CT molecular complexity index is 539. The lowest BCUT2D eigenvalue weighted by atomic mass is 10.2. The van der Waals surface area contributed by atoms with E-state index in [0.29, 0.717) is 0 Å². The van der Waals surface area contributed by atoms with Crippen molar-refractivity contribution >= 4 is 44.3 Å². The third-order valence-corrected chi connectivity index (χ3v) is 4.50. The molecule has 0 bridgehead atoms. The molecular weight excluding hydrogens is 357 g/mol. The van der Waals surface area contributed by atoms with Crippen molar-refractivity contribution in [2.75, 3.05) is 4.72 Å². The highest BCUT2D eigenvalue weighted by Crippen LogP contribution is 2.21. The van der Waals surface area contributed by atoms with Crippen LogP contribution in [-0.4, -0.2) is 24.7 Å². The van der Waals surface area contributed by atoms with Crippen LogP contribution in [-0.2, 0) is 10.0 Å². The third kappa shape index (κ3) is 3.56. The third-order valence-electron chi connectivity index (χ3n) is 2.08. The molecule has 1 aromatic rings. The number of anilines is 1. The SMILES string of the molecule is CC(C)S(=O)(=O)Nc1ccc(I)cc1C(=O)O. The molecule has 0 unspecified atom stereocenters. The van der Waals surface area contributed by atoms with E-state index in [2.05, 4.69) is 4.72 Å². The molecule has 94 valence electrons. The number of aromatic carboxylic acids is 1. The van der Waals surface area contributed by atoms with Crippen LogP contribution in [0.5, 0.6) is 0 Å². The summed E-state index contributed by atoms with van der Waals surface area (Å²) in [5.41, 5.74) is 0.0349. The molecule has 0 aliphatic rings. The number of halogens is 1. The quantitative estimate of drug-likeness (QED) is 0.797. The Morgan fingerprint density at radius 1 is 1.41 bits per heavy atom. The monoisotopic (exact) mass is 369 g/mol. The lowest BCUT2D eigenvalue weighted by Crippen LogP contribution is -2.23. The van der Waals surface area contributed by atoms with E-state index in [9.17, 15) is 13.2 Å². The van der Waals surface area contributed by atoms with Crippen molar-refractivity contribution in [2.45, 2.75) is 19.1 Å². The Labute approximate surface area is 113 Å². The largest absolute Gasteiger partial charge is 0.478 e. The second-order valence-corrected chi connectivity index (χ2v) is 7.17. The van der Waals surface area contributed by atoms with Gasteiger partial charge in [-0.2, -0.15) is 0 Å². The summed E-state index contributed by atoms with van der Waals surface area (Å²) >= 11 is 1.97. The highest BCUT2D eigenvalue weighted by Gasteiger charge is 2.19. The van der Waals surface area contributed by atoms with Crippen molar-refractivity contribution in [3.05, 3.63) is 27.3 Å². The molecule has 0 amide bonds. The van der Waals surface area contributed by atoms with Gasteiger partial charge in [-0.1, -0.05) is 0 Å². The molecular formula is C10H12INO4S. The van der Waals surface area contributed by atoms with E-state index in [1.807, 2.05) is 22.6 Å². The van der Waals surface area contributed by atoms with Crippen molar-refractivity contribution in [3.63, 3.8) is 0 Å². The van der Waals surface area contributed by atoms with E-state index < -0.39 is 21.2 Å². The van der Waals surface area contributed by atoms with Crippen molar-refractivity contribution in [3.8, 4) is 0 Å². The molecule has 1 rings (SSSR count). The molecule has 0 fully saturated rings. The first-order valence-electron chi connectivity index (χ1n) is 4.78. The molecule has 0 saturated carbocycles. The van der Waals surface area contributed by atoms with Gasteiger partial charge in [-0.3, -0.25) is 4.72 Å². The number of carbonyl (C=O) groups is 1. The van der Waals surface area contributed by atoms with E-state index in [0.717, 1.165) is 3.57 Å². The maximum atomic E-state index is 11.7. The number of rotatable bonds is 4. The van der Waals surface area contributed by atoms with Gasteiger partial charge in [0.25, 0.3) is 0 Å². The average Bonchev–Trinajstić information content (AvgIpc) is 2.19. The van der Waals surface area contributed by atoms with Crippen LogP contribution in [0.2, 0.25) is 0 Å². The summed E-state index contributed by atoms with van der Waals surface area (Å²) in [6.07, 6.45) is 0. The number of carboxylic acid groups (broad SMARTS) is 1. The molecule has 0 saturated heterocycles. The Morgan fingerprint density at radius 3 is 2.47 bits per heavy atom. The lowest BCUT2D eigenvalue weighted by Gasteiger charge is -2.12. The van der Waals surface area contributed by atoms with Crippen LogP contribution in [0.4, 0.5) is 5.69 Å². The van der Waals surface area contributed by atoms with E-state index >= 15 is 0 Å². The van der Waals surface area contributed by atoms with Gasteiger partial charge in [0.05, 0.1) is 16.5 Å². The molecule has 0 aromatic heterocycles. The minimum atomic E-state index is -3.54. The fraction of sp³-hybridized carbons (Fsp3) is 0.300. The van der Waals surface area contributed by atoms with Crippen LogP contribution < -0.4 is 4.72 Å². The Morgan fingerprint density at radius 2 is 2.00 bits per heavy atom. The van der Waals surface area contributed by atoms with Gasteiger partial charge in [0, 0.05) is 3.57 Å². The first kappa shape index (κ1) is 14.2. The molecule has 0 aliphatic carbocycles. The Kier molecular flexibility index (Phi) is 4.36. The molecule has 0 radical (unpaired) electrons. The summed E-state index contributed by atoms with van der Waals surface area (Å²) in [6, 6.07) is 4.51. The van der Waals surface area contributed by atoms with Gasteiger partial charge in [-0.25, -0.2) is 13.2 Å². The van der Waals surface area contributed by atoms with Gasteiger partial charge < -0.3 is 5.11 Å². The van der Waals surface area contributed by atoms with Crippen molar-refractivity contribution in [2.24, 2.45) is 0 Å². The van der Waals surface area contributed by atoms with Crippen LogP contribution in [0.3, 0.4) is 0 Å². The molecule has 0 heterocycles. The molecule has 7 heteroatoms. The number of hydrogen-bond donors (Lipinski definition) is 2. The number of sulfonamides is 1. The zero-order valence-corrected chi connectivity index (χ0v) is 12.2. The van der Waals surface area contributed by atoms with Crippen molar-refractivity contribution in [1.29, 1.82) is 0 Å². The molecule has 0 atom stereocenters. The highest BCUT2D eigenvalue weighted by molar-refractivity contribution is 14.1. The summed E-state index contributed by atoms with van der Waals surface area (Å²) in [5, 5.41) is 8.37. The number of benzene rings is 1. The summed E-state index contributed by atoms with van der Waals surface area (Å²) in [4.78, 5) is 11.0. The van der Waals surface area contributed by atoms with Crippen molar-refractivity contribution < 1.29 is 18.3 Å². The first-order valence-corrected chi connectivity index (χ1v) is 7.41. The highest BCUT2D eigenvalue weighted by atomic mass is 127. The molecule has 5 nitrogen and oxygen atoms in total. The van der Waals surface area contributed by atoms with Gasteiger partial charge in [-0.05, 0) is 54.6 Å². The second kappa shape index (κ2) is 5.21. The zero-order valence-electron chi connectivity index (χ0n) is 9.27. The van der Waals surface area contributed by atoms with E-state index in [1.165, 1.54) is 26.0 Å². The number of hydrogen-bond acceptors (Lipinski definition) is 3. The van der Waals surface area contributed by atoms with Crippen LogP contribution in [0, 0.1) is 3.57 Å². The van der Waals surface area contributed by atoms with Crippen LogP contribution in [0.15, 0.2) is 18.2 Å². The lowest BCUT2D eigenvalue weighted by molar-refractivity contribution is 0.0698. The van der Waals surface area contributed by atoms with Gasteiger partial charge in [-0.15, -0.1) is 0 Å². The maximum absolute atomic E-state index is 11.7. The Hall–Kier alpha value is -0.830. The predicted molar refractivity (Wildman–Crippen MR) is 73.8 cm³/mol. The molecule has 1 aromatic carbocycles. The molecule has 2 N–H and O–H groups in total. The van der Waals surface area contributed by atoms with Crippen LogP contribution >= 0.6 is 22.6 Å². The van der Waals surface area contributed by atoms with Gasteiger partial charge in [0.2, 0.25) is 10.0 Å². The standard InChI is InChI=1S/C10H12INO4S/c1-6(2)17(15,16)12-9-4-3-7(11)5-8(9)10(13)14/h3-6,12H,1-2H3,(H,13,14). The minimum absolute atomic E-state index is 0.0545. The fourth-order valence-electron chi connectivity index (χ4n) is 1.05. The topological polar surface area (TPSA) is 83.5 Å². The second-order valence-electron chi connectivity index (χ2n) is 3.69. The van der Waals surface area contributed by atoms with Crippen LogP contribution in [0.1, 0.15) is 24.2 Å². The summed E-state index contributed by atoms with van der Waals surface area (Å²) < 4.78 is 26.3. The molecule has 0 spiro atoms. The van der Waals surface area contributed by atoms with Gasteiger partial charge >= 0.3 is 5.97 Å². The van der Waals surface area contributed by atoms with E-state index in [-0.39, 0.29) is 11.3 Å². The van der Waals surface area contributed by atoms with Crippen LogP contribution in [0.25, 0.3) is 0 Å². The maximum Gasteiger partial charge on any atom is 0.337 e. The van der Waals surface area contributed by atoms with E-state index in [4.69, 9.17) is 5.11 Å². The average molecular weight is 369 g/mol.